The molecule has 0 aromatic heterocycles. The largest absolute Gasteiger partial charge is 0.456 e. The Labute approximate surface area is 111 Å². The SMILES string of the molecule is OC(Cc1cccc2ccccc12)C(F)(F)C(F)(F)F. The van der Waals surface area contributed by atoms with Gasteiger partial charge in [-0.1, -0.05) is 42.5 Å². The van der Waals surface area contributed by atoms with Gasteiger partial charge in [-0.3, -0.25) is 0 Å². The lowest BCUT2D eigenvalue weighted by atomic mass is 9.97. The van der Waals surface area contributed by atoms with Crippen LogP contribution >= 0.6 is 0 Å². The minimum absolute atomic E-state index is 0.250. The van der Waals surface area contributed by atoms with Crippen LogP contribution in [0.5, 0.6) is 0 Å². The topological polar surface area (TPSA) is 20.2 Å². The Kier molecular flexibility index (Phi) is 3.69. The van der Waals surface area contributed by atoms with Gasteiger partial charge in [0.05, 0.1) is 0 Å². The molecule has 0 saturated carbocycles. The van der Waals surface area contributed by atoms with Gasteiger partial charge in [-0.15, -0.1) is 0 Å². The van der Waals surface area contributed by atoms with Crippen molar-refractivity contribution < 1.29 is 27.1 Å². The van der Waals surface area contributed by atoms with Gasteiger partial charge in [0.2, 0.25) is 0 Å². The average Bonchev–Trinajstić information content (AvgIpc) is 2.37. The van der Waals surface area contributed by atoms with E-state index in [0.717, 1.165) is 0 Å². The predicted molar refractivity (Wildman–Crippen MR) is 64.7 cm³/mol. The highest BCUT2D eigenvalue weighted by Crippen LogP contribution is 2.39. The summed E-state index contributed by atoms with van der Waals surface area (Å²) in [6.07, 6.45) is -9.35. The first kappa shape index (κ1) is 14.7. The van der Waals surface area contributed by atoms with Gasteiger partial charge in [-0.25, -0.2) is 0 Å². The number of hydrogen-bond acceptors (Lipinski definition) is 1. The molecule has 0 aliphatic carbocycles. The van der Waals surface area contributed by atoms with Crippen LogP contribution in [-0.4, -0.2) is 23.3 Å². The van der Waals surface area contributed by atoms with E-state index in [2.05, 4.69) is 0 Å². The Morgan fingerprint density at radius 1 is 0.900 bits per heavy atom. The highest BCUT2D eigenvalue weighted by Gasteiger charge is 2.62. The molecule has 0 heterocycles. The molecule has 0 spiro atoms. The van der Waals surface area contributed by atoms with Crippen molar-refractivity contribution in [1.82, 2.24) is 0 Å². The minimum Gasteiger partial charge on any atom is -0.386 e. The second-order valence-electron chi connectivity index (χ2n) is 4.48. The lowest BCUT2D eigenvalue weighted by molar-refractivity contribution is -0.312. The van der Waals surface area contributed by atoms with Crippen LogP contribution in [0.25, 0.3) is 10.8 Å². The summed E-state index contributed by atoms with van der Waals surface area (Å²) in [6.45, 7) is 0. The normalized spacial score (nSPS) is 14.5. The maximum absolute atomic E-state index is 13.0. The van der Waals surface area contributed by atoms with Crippen molar-refractivity contribution in [1.29, 1.82) is 0 Å². The molecule has 0 fully saturated rings. The van der Waals surface area contributed by atoms with Gasteiger partial charge in [-0.05, 0) is 16.3 Å². The predicted octanol–water partition coefficient (Wildman–Crippen LogP) is 3.94. The molecule has 0 aliphatic rings. The summed E-state index contributed by atoms with van der Waals surface area (Å²) in [4.78, 5) is 0. The van der Waals surface area contributed by atoms with Crippen molar-refractivity contribution in [2.24, 2.45) is 0 Å². The van der Waals surface area contributed by atoms with Gasteiger partial charge in [0, 0.05) is 6.42 Å². The van der Waals surface area contributed by atoms with Crippen LogP contribution in [0.3, 0.4) is 0 Å². The van der Waals surface area contributed by atoms with Crippen LogP contribution in [-0.2, 0) is 6.42 Å². The number of fused-ring (bicyclic) bond motifs is 1. The Morgan fingerprint density at radius 2 is 1.50 bits per heavy atom. The first-order valence-corrected chi connectivity index (χ1v) is 5.82. The van der Waals surface area contributed by atoms with Crippen molar-refractivity contribution in [2.45, 2.75) is 24.6 Å². The molecule has 1 unspecified atom stereocenters. The van der Waals surface area contributed by atoms with Crippen molar-refractivity contribution in [3.8, 4) is 0 Å². The molecular weight excluding hydrogens is 279 g/mol. The Balaban J connectivity index is 2.33. The molecule has 6 heteroatoms. The fourth-order valence-electron chi connectivity index (χ4n) is 2.00. The molecule has 2 aromatic rings. The molecule has 0 amide bonds. The second-order valence-corrected chi connectivity index (χ2v) is 4.48. The second kappa shape index (κ2) is 5.01. The summed E-state index contributed by atoms with van der Waals surface area (Å²) < 4.78 is 62.6. The number of aliphatic hydroxyl groups is 1. The molecular formula is C14H11F5O. The maximum Gasteiger partial charge on any atom is 0.456 e. The monoisotopic (exact) mass is 290 g/mol. The lowest BCUT2D eigenvalue weighted by Crippen LogP contribution is -2.48. The number of alkyl halides is 5. The quantitative estimate of drug-likeness (QED) is 0.849. The molecule has 1 nitrogen and oxygen atoms in total. The van der Waals surface area contributed by atoms with Crippen LogP contribution in [0.2, 0.25) is 0 Å². The molecule has 108 valence electrons. The van der Waals surface area contributed by atoms with E-state index in [0.29, 0.717) is 10.8 Å². The van der Waals surface area contributed by atoms with Gasteiger partial charge < -0.3 is 5.11 Å². The Bertz CT molecular complexity index is 601. The lowest BCUT2D eigenvalue weighted by Gasteiger charge is -2.25. The fourth-order valence-corrected chi connectivity index (χ4v) is 2.00. The van der Waals surface area contributed by atoms with E-state index >= 15 is 0 Å². The zero-order valence-corrected chi connectivity index (χ0v) is 10.2. The summed E-state index contributed by atoms with van der Waals surface area (Å²) in [7, 11) is 0. The molecule has 1 atom stereocenters. The first-order valence-electron chi connectivity index (χ1n) is 5.82. The molecule has 0 bridgehead atoms. The third-order valence-electron chi connectivity index (χ3n) is 3.09. The summed E-state index contributed by atoms with van der Waals surface area (Å²) >= 11 is 0. The van der Waals surface area contributed by atoms with E-state index in [1.165, 1.54) is 6.07 Å². The van der Waals surface area contributed by atoms with Crippen molar-refractivity contribution >= 4 is 10.8 Å². The van der Waals surface area contributed by atoms with E-state index in [4.69, 9.17) is 0 Å². The number of aliphatic hydroxyl groups excluding tert-OH is 1. The van der Waals surface area contributed by atoms with Crippen LogP contribution in [0.4, 0.5) is 22.0 Å². The summed E-state index contributed by atoms with van der Waals surface area (Å²) in [5.41, 5.74) is 0.250. The third kappa shape index (κ3) is 2.60. The third-order valence-corrected chi connectivity index (χ3v) is 3.09. The molecule has 0 aliphatic heterocycles. The van der Waals surface area contributed by atoms with Crippen molar-refractivity contribution in [2.75, 3.05) is 0 Å². The molecule has 2 rings (SSSR count). The number of hydrogen-bond donors (Lipinski definition) is 1. The van der Waals surface area contributed by atoms with E-state index in [1.807, 2.05) is 0 Å². The highest BCUT2D eigenvalue weighted by atomic mass is 19.4. The Morgan fingerprint density at radius 3 is 2.15 bits per heavy atom. The first-order chi connectivity index (χ1) is 9.23. The standard InChI is InChI=1S/C14H11F5O/c15-13(16,14(17,18)19)12(20)8-10-6-3-5-9-4-1-2-7-11(9)10/h1-7,12,20H,8H2. The van der Waals surface area contributed by atoms with Gasteiger partial charge in [0.25, 0.3) is 0 Å². The van der Waals surface area contributed by atoms with E-state index in [1.54, 1.807) is 36.4 Å². The van der Waals surface area contributed by atoms with Gasteiger partial charge in [-0.2, -0.15) is 22.0 Å². The van der Waals surface area contributed by atoms with Crippen LogP contribution < -0.4 is 0 Å². The summed E-state index contributed by atoms with van der Waals surface area (Å²) in [5.74, 6) is -5.13. The fraction of sp³-hybridized carbons (Fsp3) is 0.286. The zero-order valence-electron chi connectivity index (χ0n) is 10.2. The van der Waals surface area contributed by atoms with Gasteiger partial charge in [0.15, 0.2) is 0 Å². The van der Waals surface area contributed by atoms with E-state index in [9.17, 15) is 27.1 Å². The molecule has 2 aromatic carbocycles. The molecule has 0 radical (unpaired) electrons. The van der Waals surface area contributed by atoms with Gasteiger partial charge in [0.1, 0.15) is 6.10 Å². The van der Waals surface area contributed by atoms with E-state index < -0.39 is 24.6 Å². The maximum atomic E-state index is 13.0. The minimum atomic E-state index is -5.77. The molecule has 20 heavy (non-hydrogen) atoms. The number of benzene rings is 2. The number of halogens is 5. The smallest absolute Gasteiger partial charge is 0.386 e. The van der Waals surface area contributed by atoms with Crippen LogP contribution in [0.15, 0.2) is 42.5 Å². The summed E-state index contributed by atoms with van der Waals surface area (Å²) in [6, 6.07) is 11.4. The van der Waals surface area contributed by atoms with Crippen LogP contribution in [0.1, 0.15) is 5.56 Å². The van der Waals surface area contributed by atoms with Gasteiger partial charge >= 0.3 is 12.1 Å². The molecule has 0 saturated heterocycles. The molecule has 1 N–H and O–H groups in total. The number of rotatable bonds is 3. The summed E-state index contributed by atoms with van der Waals surface area (Å²) in [5, 5.41) is 10.5. The van der Waals surface area contributed by atoms with E-state index in [-0.39, 0.29) is 5.56 Å². The van der Waals surface area contributed by atoms with Crippen molar-refractivity contribution in [3.63, 3.8) is 0 Å². The highest BCUT2D eigenvalue weighted by molar-refractivity contribution is 5.85. The Hall–Kier alpha value is -1.69. The van der Waals surface area contributed by atoms with Crippen LogP contribution in [0, 0.1) is 0 Å². The zero-order chi connectivity index (χ0) is 15.0. The average molecular weight is 290 g/mol. The van der Waals surface area contributed by atoms with Crippen molar-refractivity contribution in [3.05, 3.63) is 48.0 Å².